The van der Waals surface area contributed by atoms with Gasteiger partial charge in [-0.1, -0.05) is 60.0 Å². The monoisotopic (exact) mass is 499 g/mol. The Bertz CT molecular complexity index is 1090. The summed E-state index contributed by atoms with van der Waals surface area (Å²) in [6.07, 6.45) is 1.35. The highest BCUT2D eigenvalue weighted by Gasteiger charge is 2.31. The number of hydrogen-bond acceptors (Lipinski definition) is 4. The van der Waals surface area contributed by atoms with Gasteiger partial charge in [0.15, 0.2) is 0 Å². The molecule has 0 aliphatic rings. The molecule has 32 heavy (non-hydrogen) atoms. The molecule has 1 N–H and O–H groups in total. The molecule has 7 nitrogen and oxygen atoms in total. The summed E-state index contributed by atoms with van der Waals surface area (Å²) in [5.74, 6) is -0.859. The van der Waals surface area contributed by atoms with Crippen molar-refractivity contribution in [2.24, 2.45) is 0 Å². The van der Waals surface area contributed by atoms with Crippen LogP contribution in [0.15, 0.2) is 42.5 Å². The summed E-state index contributed by atoms with van der Waals surface area (Å²) in [6.45, 7) is 3.36. The van der Waals surface area contributed by atoms with Gasteiger partial charge in [-0.3, -0.25) is 13.9 Å². The zero-order chi connectivity index (χ0) is 24.1. The van der Waals surface area contributed by atoms with Crippen LogP contribution < -0.4 is 9.62 Å². The minimum atomic E-state index is -3.86. The third kappa shape index (κ3) is 6.60. The molecule has 2 aromatic rings. The summed E-state index contributed by atoms with van der Waals surface area (Å²) < 4.78 is 26.0. The number of hydrogen-bond donors (Lipinski definition) is 1. The second-order valence-electron chi connectivity index (χ2n) is 7.41. The van der Waals surface area contributed by atoms with Crippen molar-refractivity contribution in [1.29, 1.82) is 0 Å². The van der Waals surface area contributed by atoms with Gasteiger partial charge in [0.2, 0.25) is 21.8 Å². The zero-order valence-corrected chi connectivity index (χ0v) is 20.8. The van der Waals surface area contributed by atoms with Crippen LogP contribution in [0.1, 0.15) is 24.5 Å². The molecular formula is C22H27Cl2N3O4S. The smallest absolute Gasteiger partial charge is 0.244 e. The maximum Gasteiger partial charge on any atom is 0.244 e. The predicted octanol–water partition coefficient (Wildman–Crippen LogP) is 3.62. The standard InChI is InChI=1S/C22H27Cl2N3O4S/c1-5-19(22(29)25-3)26(13-16-8-6-7-15(2)11-16)21(28)14-27(32(4,30)31)20-10-9-17(23)12-18(20)24/h6-12,19H,5,13-14H2,1-4H3,(H,25,29)/t19-/m1/s1. The SMILES string of the molecule is CC[C@H](C(=O)NC)N(Cc1cccc(C)c1)C(=O)CN(c1ccc(Cl)cc1Cl)S(C)(=O)=O. The Morgan fingerprint density at radius 3 is 2.34 bits per heavy atom. The van der Waals surface area contributed by atoms with Crippen molar-refractivity contribution in [3.8, 4) is 0 Å². The molecule has 10 heteroatoms. The van der Waals surface area contributed by atoms with Crippen LogP contribution in [0.4, 0.5) is 5.69 Å². The Kier molecular flexibility index (Phi) is 8.95. The van der Waals surface area contributed by atoms with Gasteiger partial charge < -0.3 is 10.2 Å². The number of rotatable bonds is 9. The molecule has 0 fully saturated rings. The first-order valence-corrected chi connectivity index (χ1v) is 12.6. The number of benzene rings is 2. The molecule has 2 rings (SSSR count). The molecule has 0 heterocycles. The number of sulfonamides is 1. The van der Waals surface area contributed by atoms with Crippen LogP contribution in [0, 0.1) is 6.92 Å². The van der Waals surface area contributed by atoms with E-state index in [4.69, 9.17) is 23.2 Å². The fraction of sp³-hybridized carbons (Fsp3) is 0.364. The second kappa shape index (κ2) is 11.0. The van der Waals surface area contributed by atoms with Gasteiger partial charge in [-0.15, -0.1) is 0 Å². The Labute approximate surface area is 199 Å². The lowest BCUT2D eigenvalue weighted by molar-refractivity contribution is -0.140. The molecule has 0 aliphatic carbocycles. The van der Waals surface area contributed by atoms with Crippen LogP contribution in [0.2, 0.25) is 10.0 Å². The average Bonchev–Trinajstić information content (AvgIpc) is 2.71. The highest BCUT2D eigenvalue weighted by atomic mass is 35.5. The number of nitrogens with one attached hydrogen (secondary N) is 1. The van der Waals surface area contributed by atoms with Gasteiger partial charge in [0.25, 0.3) is 0 Å². The first kappa shape index (κ1) is 26.0. The Morgan fingerprint density at radius 1 is 1.12 bits per heavy atom. The minimum absolute atomic E-state index is 0.0966. The van der Waals surface area contributed by atoms with E-state index in [1.54, 1.807) is 6.92 Å². The maximum absolute atomic E-state index is 13.4. The van der Waals surface area contributed by atoms with Gasteiger partial charge in [-0.25, -0.2) is 8.42 Å². The van der Waals surface area contributed by atoms with Gasteiger partial charge in [0, 0.05) is 18.6 Å². The number of anilines is 1. The second-order valence-corrected chi connectivity index (χ2v) is 10.2. The van der Waals surface area contributed by atoms with Gasteiger partial charge in [-0.05, 0) is 37.1 Å². The van der Waals surface area contributed by atoms with Gasteiger partial charge in [-0.2, -0.15) is 0 Å². The van der Waals surface area contributed by atoms with E-state index >= 15 is 0 Å². The molecule has 0 bridgehead atoms. The van der Waals surface area contributed by atoms with Crippen LogP contribution >= 0.6 is 23.2 Å². The van der Waals surface area contributed by atoms with Crippen molar-refractivity contribution in [3.05, 3.63) is 63.6 Å². The van der Waals surface area contributed by atoms with E-state index in [-0.39, 0.29) is 23.2 Å². The fourth-order valence-corrected chi connectivity index (χ4v) is 4.79. The molecule has 2 aromatic carbocycles. The van der Waals surface area contributed by atoms with Crippen LogP contribution in [-0.2, 0) is 26.2 Å². The largest absolute Gasteiger partial charge is 0.357 e. The number of likely N-dealkylation sites (N-methyl/N-ethyl adjacent to an activating group) is 1. The molecule has 0 spiro atoms. The van der Waals surface area contributed by atoms with E-state index in [9.17, 15) is 18.0 Å². The maximum atomic E-state index is 13.4. The highest BCUT2D eigenvalue weighted by Crippen LogP contribution is 2.30. The normalized spacial score (nSPS) is 12.2. The molecule has 174 valence electrons. The predicted molar refractivity (Wildman–Crippen MR) is 129 cm³/mol. The first-order valence-electron chi connectivity index (χ1n) is 9.97. The van der Waals surface area contributed by atoms with Crippen LogP contribution in [0.3, 0.4) is 0 Å². The molecule has 0 radical (unpaired) electrons. The van der Waals surface area contributed by atoms with Crippen molar-refractivity contribution >= 4 is 50.7 Å². The molecule has 0 unspecified atom stereocenters. The summed E-state index contributed by atoms with van der Waals surface area (Å²) in [5, 5.41) is 3.01. The lowest BCUT2D eigenvalue weighted by atomic mass is 10.1. The van der Waals surface area contributed by atoms with Crippen LogP contribution in [-0.4, -0.2) is 51.0 Å². The van der Waals surface area contributed by atoms with Gasteiger partial charge >= 0.3 is 0 Å². The number of carbonyl (C=O) groups is 2. The quantitative estimate of drug-likeness (QED) is 0.570. The first-order chi connectivity index (χ1) is 15.0. The van der Waals surface area contributed by atoms with E-state index in [2.05, 4.69) is 5.32 Å². The van der Waals surface area contributed by atoms with E-state index < -0.39 is 28.5 Å². The van der Waals surface area contributed by atoms with Crippen molar-refractivity contribution in [3.63, 3.8) is 0 Å². The molecule has 0 aromatic heterocycles. The topological polar surface area (TPSA) is 86.8 Å². The Balaban J connectivity index is 2.46. The molecule has 0 aliphatic heterocycles. The Morgan fingerprint density at radius 2 is 1.81 bits per heavy atom. The minimum Gasteiger partial charge on any atom is -0.357 e. The van der Waals surface area contributed by atoms with Crippen molar-refractivity contribution in [2.75, 3.05) is 24.2 Å². The van der Waals surface area contributed by atoms with Crippen LogP contribution in [0.25, 0.3) is 0 Å². The van der Waals surface area contributed by atoms with E-state index in [1.165, 1.54) is 30.1 Å². The number of carbonyl (C=O) groups excluding carboxylic acids is 2. The van der Waals surface area contributed by atoms with Crippen molar-refractivity contribution in [2.45, 2.75) is 32.9 Å². The lowest BCUT2D eigenvalue weighted by Gasteiger charge is -2.32. The van der Waals surface area contributed by atoms with E-state index in [0.717, 1.165) is 21.7 Å². The summed E-state index contributed by atoms with van der Waals surface area (Å²) in [7, 11) is -2.37. The highest BCUT2D eigenvalue weighted by molar-refractivity contribution is 7.92. The number of amides is 2. The number of nitrogens with zero attached hydrogens (tertiary/aromatic N) is 2. The van der Waals surface area contributed by atoms with Crippen LogP contribution in [0.5, 0.6) is 0 Å². The molecular weight excluding hydrogens is 473 g/mol. The number of halogens is 2. The summed E-state index contributed by atoms with van der Waals surface area (Å²) in [6, 6.07) is 11.1. The van der Waals surface area contributed by atoms with Gasteiger partial charge in [0.1, 0.15) is 12.6 Å². The third-order valence-corrected chi connectivity index (χ3v) is 6.59. The Hall–Kier alpha value is -2.29. The van der Waals surface area contributed by atoms with E-state index in [1.807, 2.05) is 31.2 Å². The van der Waals surface area contributed by atoms with Crippen molar-refractivity contribution in [1.82, 2.24) is 10.2 Å². The molecule has 0 saturated heterocycles. The summed E-state index contributed by atoms with van der Waals surface area (Å²) in [4.78, 5) is 27.3. The summed E-state index contributed by atoms with van der Waals surface area (Å²) >= 11 is 12.2. The van der Waals surface area contributed by atoms with E-state index in [0.29, 0.717) is 11.4 Å². The number of aryl methyl sites for hydroxylation is 1. The molecule has 2 amide bonds. The van der Waals surface area contributed by atoms with Gasteiger partial charge in [0.05, 0.1) is 17.0 Å². The fourth-order valence-electron chi connectivity index (χ4n) is 3.37. The molecule has 1 atom stereocenters. The average molecular weight is 500 g/mol. The zero-order valence-electron chi connectivity index (χ0n) is 18.4. The molecule has 0 saturated carbocycles. The third-order valence-electron chi connectivity index (χ3n) is 4.93. The summed E-state index contributed by atoms with van der Waals surface area (Å²) in [5.41, 5.74) is 1.97. The lowest BCUT2D eigenvalue weighted by Crippen LogP contribution is -2.51. The van der Waals surface area contributed by atoms with Crippen molar-refractivity contribution < 1.29 is 18.0 Å².